The fraction of sp³-hybridized carbons (Fsp3) is 0.211. The van der Waals surface area contributed by atoms with E-state index in [9.17, 15) is 14.9 Å². The van der Waals surface area contributed by atoms with Crippen molar-refractivity contribution in [2.45, 2.75) is 20.0 Å². The predicted octanol–water partition coefficient (Wildman–Crippen LogP) is 4.11. The number of nitro groups is 1. The third-order valence-corrected chi connectivity index (χ3v) is 3.69. The molecule has 0 aromatic heterocycles. The number of carbonyl (C=O) groups is 1. The minimum absolute atomic E-state index is 0.000331. The number of rotatable bonds is 8. The van der Waals surface area contributed by atoms with Gasteiger partial charge in [0.1, 0.15) is 18.1 Å². The van der Waals surface area contributed by atoms with Crippen molar-refractivity contribution in [3.8, 4) is 11.5 Å². The lowest BCUT2D eigenvalue weighted by Gasteiger charge is -2.13. The average Bonchev–Trinajstić information content (AvgIpc) is 2.60. The van der Waals surface area contributed by atoms with Crippen molar-refractivity contribution >= 4 is 11.5 Å². The van der Waals surface area contributed by atoms with Crippen molar-refractivity contribution in [3.63, 3.8) is 0 Å². The van der Waals surface area contributed by atoms with Crippen molar-refractivity contribution in [3.05, 3.63) is 75.9 Å². The highest BCUT2D eigenvalue weighted by Gasteiger charge is 2.13. The van der Waals surface area contributed by atoms with E-state index in [1.165, 1.54) is 19.1 Å². The molecule has 0 aliphatic heterocycles. The summed E-state index contributed by atoms with van der Waals surface area (Å²) < 4.78 is 11.1. The highest BCUT2D eigenvalue weighted by molar-refractivity contribution is 5.94. The third-order valence-electron chi connectivity index (χ3n) is 3.69. The van der Waals surface area contributed by atoms with Gasteiger partial charge in [-0.1, -0.05) is 6.08 Å². The lowest BCUT2D eigenvalue weighted by molar-refractivity contribution is -0.384. The van der Waals surface area contributed by atoms with Crippen LogP contribution in [0.4, 0.5) is 5.69 Å². The van der Waals surface area contributed by atoms with Crippen LogP contribution in [-0.2, 0) is 13.0 Å². The minimum Gasteiger partial charge on any atom is -0.496 e. The molecule has 0 amide bonds. The number of ketones is 1. The quantitative estimate of drug-likeness (QED) is 0.312. The average molecular weight is 341 g/mol. The first-order valence-corrected chi connectivity index (χ1v) is 7.65. The van der Waals surface area contributed by atoms with Crippen molar-refractivity contribution in [1.82, 2.24) is 0 Å². The summed E-state index contributed by atoms with van der Waals surface area (Å²) in [5.74, 6) is 1.09. The summed E-state index contributed by atoms with van der Waals surface area (Å²) in [6.07, 6.45) is 2.10. The van der Waals surface area contributed by atoms with Crippen LogP contribution >= 0.6 is 0 Å². The Morgan fingerprint density at radius 2 is 1.92 bits per heavy atom. The Morgan fingerprint density at radius 3 is 2.52 bits per heavy atom. The van der Waals surface area contributed by atoms with Gasteiger partial charge in [-0.2, -0.15) is 0 Å². The van der Waals surface area contributed by atoms with Gasteiger partial charge in [-0.25, -0.2) is 0 Å². The molecule has 25 heavy (non-hydrogen) atoms. The molecule has 0 saturated heterocycles. The largest absolute Gasteiger partial charge is 0.496 e. The van der Waals surface area contributed by atoms with Crippen LogP contribution in [0.5, 0.6) is 11.5 Å². The maximum atomic E-state index is 11.6. The first kappa shape index (κ1) is 18.2. The summed E-state index contributed by atoms with van der Waals surface area (Å²) in [5, 5.41) is 10.9. The van der Waals surface area contributed by atoms with Gasteiger partial charge in [-0.05, 0) is 37.6 Å². The molecule has 2 aromatic carbocycles. The number of methoxy groups -OCH3 is 1. The van der Waals surface area contributed by atoms with Gasteiger partial charge >= 0.3 is 0 Å². The maximum absolute atomic E-state index is 11.6. The standard InChI is InChI=1S/C19H19NO5/c1-4-5-15-11-17(20(22)23)7-9-19(15)25-12-16-10-14(13(2)21)6-8-18(16)24-3/h4,6-11H,1,5,12H2,2-3H3. The van der Waals surface area contributed by atoms with Gasteiger partial charge in [-0.15, -0.1) is 6.58 Å². The molecular weight excluding hydrogens is 322 g/mol. The fourth-order valence-electron chi connectivity index (χ4n) is 2.40. The molecule has 0 unspecified atom stereocenters. The van der Waals surface area contributed by atoms with Gasteiger partial charge < -0.3 is 9.47 Å². The van der Waals surface area contributed by atoms with Crippen molar-refractivity contribution in [1.29, 1.82) is 0 Å². The summed E-state index contributed by atoms with van der Waals surface area (Å²) in [6.45, 7) is 5.33. The molecule has 2 aromatic rings. The zero-order valence-electron chi connectivity index (χ0n) is 14.2. The Bertz CT molecular complexity index is 813. The van der Waals surface area contributed by atoms with Gasteiger partial charge in [0.05, 0.1) is 12.0 Å². The Hall–Kier alpha value is -3.15. The predicted molar refractivity (Wildman–Crippen MR) is 94.3 cm³/mol. The summed E-state index contributed by atoms with van der Waals surface area (Å²) in [7, 11) is 1.54. The minimum atomic E-state index is -0.449. The maximum Gasteiger partial charge on any atom is 0.269 e. The van der Waals surface area contributed by atoms with E-state index in [0.717, 1.165) is 5.56 Å². The summed E-state index contributed by atoms with van der Waals surface area (Å²) in [4.78, 5) is 22.0. The summed E-state index contributed by atoms with van der Waals surface area (Å²) in [5.41, 5.74) is 1.96. The zero-order valence-corrected chi connectivity index (χ0v) is 14.2. The molecule has 130 valence electrons. The van der Waals surface area contributed by atoms with Crippen molar-refractivity contribution in [2.24, 2.45) is 0 Å². The first-order chi connectivity index (χ1) is 12.0. The number of nitrogens with zero attached hydrogens (tertiary/aromatic N) is 1. The number of benzene rings is 2. The molecule has 0 bridgehead atoms. The van der Waals surface area contributed by atoms with E-state index in [4.69, 9.17) is 9.47 Å². The molecule has 6 nitrogen and oxygen atoms in total. The summed E-state index contributed by atoms with van der Waals surface area (Å²) in [6, 6.07) is 9.57. The summed E-state index contributed by atoms with van der Waals surface area (Å²) >= 11 is 0. The van der Waals surface area contributed by atoms with Gasteiger partial charge in [0, 0.05) is 28.8 Å². The fourth-order valence-corrected chi connectivity index (χ4v) is 2.40. The third kappa shape index (κ3) is 4.44. The van der Waals surface area contributed by atoms with Crippen LogP contribution in [-0.4, -0.2) is 17.8 Å². The number of carbonyl (C=O) groups excluding carboxylic acids is 1. The van der Waals surface area contributed by atoms with Gasteiger partial charge in [0.25, 0.3) is 5.69 Å². The number of Topliss-reactive ketones (excluding diaryl/α,β-unsaturated/α-hetero) is 1. The van der Waals surface area contributed by atoms with Crippen LogP contribution in [0.2, 0.25) is 0 Å². The topological polar surface area (TPSA) is 78.7 Å². The van der Waals surface area contributed by atoms with E-state index in [2.05, 4.69) is 6.58 Å². The molecule has 0 fully saturated rings. The molecule has 0 aliphatic rings. The van der Waals surface area contributed by atoms with E-state index < -0.39 is 4.92 Å². The molecule has 0 atom stereocenters. The number of allylic oxidation sites excluding steroid dienone is 1. The number of non-ortho nitro benzene ring substituents is 1. The zero-order chi connectivity index (χ0) is 18.4. The molecule has 0 saturated carbocycles. The molecule has 0 N–H and O–H groups in total. The normalized spacial score (nSPS) is 10.2. The molecule has 2 rings (SSSR count). The van der Waals surface area contributed by atoms with E-state index >= 15 is 0 Å². The number of ether oxygens (including phenoxy) is 2. The molecule has 0 heterocycles. The second-order valence-corrected chi connectivity index (χ2v) is 5.41. The Kier molecular flexibility index (Phi) is 5.89. The van der Waals surface area contributed by atoms with E-state index in [1.807, 2.05) is 0 Å². The SMILES string of the molecule is C=CCc1cc([N+](=O)[O-])ccc1OCc1cc(C(C)=O)ccc1OC. The molecule has 0 radical (unpaired) electrons. The number of hydrogen-bond acceptors (Lipinski definition) is 5. The molecule has 0 aliphatic carbocycles. The van der Waals surface area contributed by atoms with Crippen LogP contribution in [0, 0.1) is 10.1 Å². The monoisotopic (exact) mass is 341 g/mol. The lowest BCUT2D eigenvalue weighted by Crippen LogP contribution is -2.03. The lowest BCUT2D eigenvalue weighted by atomic mass is 10.1. The van der Waals surface area contributed by atoms with Crippen molar-refractivity contribution in [2.75, 3.05) is 7.11 Å². The molecule has 6 heteroatoms. The van der Waals surface area contributed by atoms with Crippen LogP contribution in [0.3, 0.4) is 0 Å². The second kappa shape index (κ2) is 8.10. The van der Waals surface area contributed by atoms with E-state index in [1.54, 1.807) is 37.5 Å². The molecule has 0 spiro atoms. The first-order valence-electron chi connectivity index (χ1n) is 7.65. The smallest absolute Gasteiger partial charge is 0.269 e. The van der Waals surface area contributed by atoms with E-state index in [0.29, 0.717) is 29.0 Å². The highest BCUT2D eigenvalue weighted by atomic mass is 16.6. The highest BCUT2D eigenvalue weighted by Crippen LogP contribution is 2.27. The van der Waals surface area contributed by atoms with Gasteiger partial charge in [-0.3, -0.25) is 14.9 Å². The Labute approximate surface area is 145 Å². The number of nitro benzene ring substituents is 1. The van der Waals surface area contributed by atoms with Crippen LogP contribution in [0.15, 0.2) is 49.1 Å². The second-order valence-electron chi connectivity index (χ2n) is 5.41. The van der Waals surface area contributed by atoms with Crippen LogP contribution in [0.1, 0.15) is 28.4 Å². The van der Waals surface area contributed by atoms with Crippen LogP contribution < -0.4 is 9.47 Å². The Balaban J connectivity index is 2.28. The number of hydrogen-bond donors (Lipinski definition) is 0. The van der Waals surface area contributed by atoms with Crippen molar-refractivity contribution < 1.29 is 19.2 Å². The van der Waals surface area contributed by atoms with Gasteiger partial charge in [0.2, 0.25) is 0 Å². The van der Waals surface area contributed by atoms with Crippen LogP contribution in [0.25, 0.3) is 0 Å². The van der Waals surface area contributed by atoms with E-state index in [-0.39, 0.29) is 18.1 Å². The van der Waals surface area contributed by atoms with Gasteiger partial charge in [0.15, 0.2) is 5.78 Å². The Morgan fingerprint density at radius 1 is 1.20 bits per heavy atom. The molecular formula is C19H19NO5.